The number of hydrogen-bond acceptors (Lipinski definition) is 3. The van der Waals surface area contributed by atoms with E-state index in [0.717, 1.165) is 24.8 Å². The van der Waals surface area contributed by atoms with E-state index in [-0.39, 0.29) is 19.1 Å². The summed E-state index contributed by atoms with van der Waals surface area (Å²) in [7, 11) is 0. The molecule has 5 nitrogen and oxygen atoms in total. The Kier molecular flexibility index (Phi) is 5.60. The molecule has 114 valence electrons. The molecule has 1 saturated carbocycles. The zero-order chi connectivity index (χ0) is 15.1. The Morgan fingerprint density at radius 1 is 1.24 bits per heavy atom. The summed E-state index contributed by atoms with van der Waals surface area (Å²) in [6.45, 7) is 0.266. The van der Waals surface area contributed by atoms with E-state index in [9.17, 15) is 9.59 Å². The fourth-order valence-electron chi connectivity index (χ4n) is 2.73. The van der Waals surface area contributed by atoms with Crippen LogP contribution in [0.3, 0.4) is 0 Å². The lowest BCUT2D eigenvalue weighted by Crippen LogP contribution is -2.33. The summed E-state index contributed by atoms with van der Waals surface area (Å²) in [5.41, 5.74) is 0.957. The molecule has 1 aliphatic carbocycles. The molecule has 0 saturated heterocycles. The Morgan fingerprint density at radius 3 is 2.71 bits per heavy atom. The Bertz CT molecular complexity index is 474. The Morgan fingerprint density at radius 2 is 2.00 bits per heavy atom. The summed E-state index contributed by atoms with van der Waals surface area (Å²) in [5.74, 6) is -0.366. The zero-order valence-corrected chi connectivity index (χ0v) is 12.0. The zero-order valence-electron chi connectivity index (χ0n) is 12.0. The molecule has 21 heavy (non-hydrogen) atoms. The molecule has 0 aromatic heterocycles. The number of carboxylic acid groups (broad SMARTS) is 1. The van der Waals surface area contributed by atoms with Crippen LogP contribution in [0.5, 0.6) is 0 Å². The van der Waals surface area contributed by atoms with Crippen molar-refractivity contribution < 1.29 is 19.4 Å². The van der Waals surface area contributed by atoms with Crippen molar-refractivity contribution in [2.45, 2.75) is 44.8 Å². The molecule has 1 aromatic carbocycles. The molecule has 0 aliphatic heterocycles. The van der Waals surface area contributed by atoms with Gasteiger partial charge in [-0.05, 0) is 37.2 Å². The van der Waals surface area contributed by atoms with Crippen LogP contribution < -0.4 is 5.32 Å². The van der Waals surface area contributed by atoms with Crippen LogP contribution in [0, 0.1) is 5.92 Å². The second kappa shape index (κ2) is 7.67. The topological polar surface area (TPSA) is 75.6 Å². The second-order valence-corrected chi connectivity index (χ2v) is 5.51. The van der Waals surface area contributed by atoms with E-state index < -0.39 is 12.1 Å². The van der Waals surface area contributed by atoms with Gasteiger partial charge in [-0.1, -0.05) is 30.3 Å². The van der Waals surface area contributed by atoms with Crippen LogP contribution in [0.25, 0.3) is 0 Å². The third kappa shape index (κ3) is 5.45. The van der Waals surface area contributed by atoms with Gasteiger partial charge in [0.15, 0.2) is 0 Å². The molecule has 5 heteroatoms. The number of carboxylic acids is 1. The van der Waals surface area contributed by atoms with E-state index in [1.165, 1.54) is 0 Å². The average molecular weight is 291 g/mol. The Labute approximate surface area is 124 Å². The molecule has 1 amide bonds. The molecule has 2 atom stereocenters. The van der Waals surface area contributed by atoms with Crippen molar-refractivity contribution in [2.75, 3.05) is 0 Å². The van der Waals surface area contributed by atoms with Gasteiger partial charge in [0.25, 0.3) is 0 Å². The first-order valence-corrected chi connectivity index (χ1v) is 7.32. The number of ether oxygens (including phenoxy) is 1. The molecular weight excluding hydrogens is 270 g/mol. The number of rotatable bonds is 6. The van der Waals surface area contributed by atoms with Gasteiger partial charge in [0.2, 0.25) is 0 Å². The lowest BCUT2D eigenvalue weighted by molar-refractivity contribution is -0.137. The normalized spacial score (nSPS) is 21.0. The number of hydrogen-bond donors (Lipinski definition) is 2. The molecule has 0 unspecified atom stereocenters. The molecule has 0 spiro atoms. The van der Waals surface area contributed by atoms with Crippen LogP contribution in [-0.4, -0.2) is 23.2 Å². The standard InChI is InChI=1S/C16H21NO4/c18-15(19)9-7-12-6-8-14(10-12)17-16(20)21-11-13-4-2-1-3-5-13/h1-5,12,14H,6-11H2,(H,17,20)(H,18,19)/t12-,14-/m0/s1. The van der Waals surface area contributed by atoms with Crippen LogP contribution in [0.1, 0.15) is 37.7 Å². The summed E-state index contributed by atoms with van der Waals surface area (Å²) in [5, 5.41) is 11.5. The van der Waals surface area contributed by atoms with E-state index >= 15 is 0 Å². The summed E-state index contributed by atoms with van der Waals surface area (Å²) >= 11 is 0. The minimum Gasteiger partial charge on any atom is -0.481 e. The summed E-state index contributed by atoms with van der Waals surface area (Å²) in [4.78, 5) is 22.3. The summed E-state index contributed by atoms with van der Waals surface area (Å²) < 4.78 is 5.18. The number of carbonyl (C=O) groups excluding carboxylic acids is 1. The molecule has 2 rings (SSSR count). The van der Waals surface area contributed by atoms with Gasteiger partial charge < -0.3 is 15.2 Å². The van der Waals surface area contributed by atoms with Gasteiger partial charge in [-0.25, -0.2) is 4.79 Å². The quantitative estimate of drug-likeness (QED) is 0.845. The van der Waals surface area contributed by atoms with E-state index in [2.05, 4.69) is 5.32 Å². The molecule has 1 aromatic rings. The van der Waals surface area contributed by atoms with Gasteiger partial charge in [0, 0.05) is 12.5 Å². The van der Waals surface area contributed by atoms with Crippen molar-refractivity contribution in [2.24, 2.45) is 5.92 Å². The van der Waals surface area contributed by atoms with Gasteiger partial charge in [-0.15, -0.1) is 0 Å². The van der Waals surface area contributed by atoms with Crippen LogP contribution in [-0.2, 0) is 16.1 Å². The van der Waals surface area contributed by atoms with Gasteiger partial charge in [-0.2, -0.15) is 0 Å². The molecular formula is C16H21NO4. The smallest absolute Gasteiger partial charge is 0.407 e. The van der Waals surface area contributed by atoms with Crippen molar-refractivity contribution in [3.8, 4) is 0 Å². The van der Waals surface area contributed by atoms with Gasteiger partial charge in [0.05, 0.1) is 0 Å². The van der Waals surface area contributed by atoms with E-state index in [0.29, 0.717) is 12.3 Å². The van der Waals surface area contributed by atoms with Crippen LogP contribution in [0.2, 0.25) is 0 Å². The SMILES string of the molecule is O=C(O)CC[C@@H]1CC[C@H](NC(=O)OCc2ccccc2)C1. The highest BCUT2D eigenvalue weighted by atomic mass is 16.5. The first-order chi connectivity index (χ1) is 10.1. The monoisotopic (exact) mass is 291 g/mol. The number of amides is 1. The Hall–Kier alpha value is -2.04. The third-order valence-electron chi connectivity index (χ3n) is 3.84. The predicted molar refractivity (Wildman–Crippen MR) is 77.8 cm³/mol. The lowest BCUT2D eigenvalue weighted by atomic mass is 10.0. The van der Waals surface area contributed by atoms with E-state index in [1.54, 1.807) is 0 Å². The maximum absolute atomic E-state index is 11.7. The van der Waals surface area contributed by atoms with Gasteiger partial charge >= 0.3 is 12.1 Å². The molecule has 0 heterocycles. The van der Waals surface area contributed by atoms with E-state index in [1.807, 2.05) is 30.3 Å². The molecule has 1 aliphatic rings. The van der Waals surface area contributed by atoms with Crippen molar-refractivity contribution in [1.82, 2.24) is 5.32 Å². The second-order valence-electron chi connectivity index (χ2n) is 5.51. The number of carbonyl (C=O) groups is 2. The molecule has 2 N–H and O–H groups in total. The highest BCUT2D eigenvalue weighted by Gasteiger charge is 2.26. The summed E-state index contributed by atoms with van der Waals surface area (Å²) in [6.07, 6.45) is 3.19. The van der Waals surface area contributed by atoms with Crippen LogP contribution in [0.4, 0.5) is 4.79 Å². The maximum Gasteiger partial charge on any atom is 0.407 e. The number of nitrogens with one attached hydrogen (secondary N) is 1. The molecule has 1 fully saturated rings. The number of benzene rings is 1. The fraction of sp³-hybridized carbons (Fsp3) is 0.500. The number of aliphatic carboxylic acids is 1. The maximum atomic E-state index is 11.7. The van der Waals surface area contributed by atoms with Crippen molar-refractivity contribution >= 4 is 12.1 Å². The first-order valence-electron chi connectivity index (χ1n) is 7.32. The highest BCUT2D eigenvalue weighted by Crippen LogP contribution is 2.29. The highest BCUT2D eigenvalue weighted by molar-refractivity contribution is 5.67. The average Bonchev–Trinajstić information content (AvgIpc) is 2.91. The first kappa shape index (κ1) is 15.4. The van der Waals surface area contributed by atoms with Crippen LogP contribution in [0.15, 0.2) is 30.3 Å². The van der Waals surface area contributed by atoms with Crippen molar-refractivity contribution in [1.29, 1.82) is 0 Å². The van der Waals surface area contributed by atoms with Crippen LogP contribution >= 0.6 is 0 Å². The van der Waals surface area contributed by atoms with Crippen molar-refractivity contribution in [3.63, 3.8) is 0 Å². The van der Waals surface area contributed by atoms with E-state index in [4.69, 9.17) is 9.84 Å². The minimum atomic E-state index is -0.756. The Balaban J connectivity index is 1.66. The third-order valence-corrected chi connectivity index (χ3v) is 3.84. The lowest BCUT2D eigenvalue weighted by Gasteiger charge is -2.13. The number of alkyl carbamates (subject to hydrolysis) is 1. The van der Waals surface area contributed by atoms with Gasteiger partial charge in [0.1, 0.15) is 6.61 Å². The largest absolute Gasteiger partial charge is 0.481 e. The molecule has 0 bridgehead atoms. The van der Waals surface area contributed by atoms with Crippen molar-refractivity contribution in [3.05, 3.63) is 35.9 Å². The fourth-order valence-corrected chi connectivity index (χ4v) is 2.73. The predicted octanol–water partition coefficient (Wildman–Crippen LogP) is 2.95. The molecule has 0 radical (unpaired) electrons. The van der Waals surface area contributed by atoms with Gasteiger partial charge in [-0.3, -0.25) is 4.79 Å². The minimum absolute atomic E-state index is 0.104. The summed E-state index contributed by atoms with van der Waals surface area (Å²) in [6, 6.07) is 9.64.